The van der Waals surface area contributed by atoms with Crippen LogP contribution in [0.1, 0.15) is 18.9 Å². The Kier molecular flexibility index (Phi) is 5.69. The second kappa shape index (κ2) is 8.34. The standard InChI is InChI=1S/C20H20N4O4/c1-13(25)21-15-8-5-9-16(10-15)22-18(26)11-17-19(27)24(20(28)23-17)12-14-6-3-2-4-7-14/h2-10,17H,11-12H2,1H3,(H,21,25)(H,22,26)(H,23,28). The van der Waals surface area contributed by atoms with E-state index in [-0.39, 0.29) is 18.9 Å². The molecule has 1 saturated heterocycles. The molecule has 3 rings (SSSR count). The van der Waals surface area contributed by atoms with Crippen molar-refractivity contribution in [2.75, 3.05) is 10.6 Å². The first-order valence-corrected chi connectivity index (χ1v) is 8.75. The minimum atomic E-state index is -0.908. The number of rotatable bonds is 6. The number of hydrogen-bond donors (Lipinski definition) is 3. The quantitative estimate of drug-likeness (QED) is 0.667. The molecule has 1 aliphatic rings. The fourth-order valence-electron chi connectivity index (χ4n) is 2.91. The summed E-state index contributed by atoms with van der Waals surface area (Å²) in [6, 6.07) is 14.4. The Balaban J connectivity index is 1.59. The molecule has 3 N–H and O–H groups in total. The molecule has 0 saturated carbocycles. The molecule has 2 aromatic carbocycles. The van der Waals surface area contributed by atoms with Gasteiger partial charge in [-0.05, 0) is 23.8 Å². The van der Waals surface area contributed by atoms with E-state index in [0.29, 0.717) is 11.4 Å². The van der Waals surface area contributed by atoms with E-state index in [1.165, 1.54) is 6.92 Å². The molecule has 2 aromatic rings. The highest BCUT2D eigenvalue weighted by Crippen LogP contribution is 2.17. The van der Waals surface area contributed by atoms with Gasteiger partial charge in [-0.15, -0.1) is 0 Å². The summed E-state index contributed by atoms with van der Waals surface area (Å²) in [6.45, 7) is 1.54. The van der Waals surface area contributed by atoms with E-state index in [4.69, 9.17) is 0 Å². The molecule has 0 spiro atoms. The zero-order valence-electron chi connectivity index (χ0n) is 15.3. The minimum absolute atomic E-state index is 0.155. The molecular weight excluding hydrogens is 360 g/mol. The summed E-state index contributed by atoms with van der Waals surface area (Å²) in [6.07, 6.45) is -0.180. The summed E-state index contributed by atoms with van der Waals surface area (Å²) < 4.78 is 0. The van der Waals surface area contributed by atoms with Crippen LogP contribution in [-0.4, -0.2) is 34.7 Å². The van der Waals surface area contributed by atoms with Crippen LogP contribution in [0.2, 0.25) is 0 Å². The van der Waals surface area contributed by atoms with Gasteiger partial charge in [0.15, 0.2) is 0 Å². The number of hydrogen-bond acceptors (Lipinski definition) is 4. The highest BCUT2D eigenvalue weighted by atomic mass is 16.2. The van der Waals surface area contributed by atoms with E-state index < -0.39 is 23.9 Å². The lowest BCUT2D eigenvalue weighted by Crippen LogP contribution is -2.34. The Morgan fingerprint density at radius 2 is 1.68 bits per heavy atom. The van der Waals surface area contributed by atoms with Gasteiger partial charge in [-0.2, -0.15) is 0 Å². The van der Waals surface area contributed by atoms with Gasteiger partial charge in [-0.3, -0.25) is 19.3 Å². The molecule has 0 radical (unpaired) electrons. The monoisotopic (exact) mass is 380 g/mol. The number of amides is 5. The molecule has 144 valence electrons. The molecule has 1 atom stereocenters. The zero-order chi connectivity index (χ0) is 20.1. The minimum Gasteiger partial charge on any atom is -0.326 e. The maximum atomic E-state index is 12.5. The average Bonchev–Trinajstić information content (AvgIpc) is 2.89. The number of imide groups is 1. The van der Waals surface area contributed by atoms with Crippen LogP contribution in [0, 0.1) is 0 Å². The third kappa shape index (κ3) is 4.73. The Bertz CT molecular complexity index is 913. The summed E-state index contributed by atoms with van der Waals surface area (Å²) in [7, 11) is 0. The summed E-state index contributed by atoms with van der Waals surface area (Å²) in [4.78, 5) is 49.1. The first-order chi connectivity index (χ1) is 13.4. The van der Waals surface area contributed by atoms with Crippen molar-refractivity contribution in [1.29, 1.82) is 0 Å². The maximum absolute atomic E-state index is 12.5. The normalized spacial score (nSPS) is 15.9. The molecular formula is C20H20N4O4. The average molecular weight is 380 g/mol. The van der Waals surface area contributed by atoms with Crippen molar-refractivity contribution in [3.8, 4) is 0 Å². The smallest absolute Gasteiger partial charge is 0.325 e. The molecule has 0 aliphatic carbocycles. The predicted molar refractivity (Wildman–Crippen MR) is 103 cm³/mol. The van der Waals surface area contributed by atoms with Crippen LogP contribution < -0.4 is 16.0 Å². The second-order valence-corrected chi connectivity index (χ2v) is 6.43. The SMILES string of the molecule is CC(=O)Nc1cccc(NC(=O)CC2NC(=O)N(Cc3ccccc3)C2=O)c1. The second-order valence-electron chi connectivity index (χ2n) is 6.43. The molecule has 5 amide bonds. The molecule has 1 heterocycles. The van der Waals surface area contributed by atoms with Crippen molar-refractivity contribution in [2.45, 2.75) is 25.9 Å². The Morgan fingerprint density at radius 1 is 1.00 bits per heavy atom. The number of urea groups is 1. The van der Waals surface area contributed by atoms with Crippen LogP contribution in [0.3, 0.4) is 0 Å². The Hall–Kier alpha value is -3.68. The van der Waals surface area contributed by atoms with Gasteiger partial charge in [0.2, 0.25) is 11.8 Å². The number of benzene rings is 2. The van der Waals surface area contributed by atoms with Crippen molar-refractivity contribution in [3.05, 3.63) is 60.2 Å². The molecule has 1 aliphatic heterocycles. The van der Waals surface area contributed by atoms with Crippen LogP contribution in [0.15, 0.2) is 54.6 Å². The van der Waals surface area contributed by atoms with Crippen molar-refractivity contribution in [1.82, 2.24) is 10.2 Å². The Labute approximate surface area is 161 Å². The van der Waals surface area contributed by atoms with Gasteiger partial charge in [0.1, 0.15) is 6.04 Å². The van der Waals surface area contributed by atoms with Crippen LogP contribution in [0.25, 0.3) is 0 Å². The maximum Gasteiger partial charge on any atom is 0.325 e. The van der Waals surface area contributed by atoms with Gasteiger partial charge in [-0.25, -0.2) is 4.79 Å². The van der Waals surface area contributed by atoms with E-state index >= 15 is 0 Å². The molecule has 0 bridgehead atoms. The van der Waals surface area contributed by atoms with Gasteiger partial charge in [0.05, 0.1) is 13.0 Å². The van der Waals surface area contributed by atoms with E-state index in [0.717, 1.165) is 10.5 Å². The van der Waals surface area contributed by atoms with E-state index in [2.05, 4.69) is 16.0 Å². The highest BCUT2D eigenvalue weighted by molar-refractivity contribution is 6.07. The zero-order valence-corrected chi connectivity index (χ0v) is 15.3. The third-order valence-electron chi connectivity index (χ3n) is 4.15. The number of anilines is 2. The van der Waals surface area contributed by atoms with Crippen LogP contribution in [-0.2, 0) is 20.9 Å². The predicted octanol–water partition coefficient (Wildman–Crippen LogP) is 2.09. The summed E-state index contributed by atoms with van der Waals surface area (Å²) >= 11 is 0. The van der Waals surface area contributed by atoms with Crippen molar-refractivity contribution in [3.63, 3.8) is 0 Å². The number of carbonyl (C=O) groups excluding carboxylic acids is 4. The molecule has 28 heavy (non-hydrogen) atoms. The molecule has 8 heteroatoms. The highest BCUT2D eigenvalue weighted by Gasteiger charge is 2.38. The summed E-state index contributed by atoms with van der Waals surface area (Å²) in [5.41, 5.74) is 1.85. The first-order valence-electron chi connectivity index (χ1n) is 8.75. The first kappa shape index (κ1) is 19.1. The molecule has 8 nitrogen and oxygen atoms in total. The largest absolute Gasteiger partial charge is 0.326 e. The summed E-state index contributed by atoms with van der Waals surface area (Å²) in [5.74, 6) is -1.07. The van der Waals surface area contributed by atoms with Crippen LogP contribution in [0.4, 0.5) is 16.2 Å². The van der Waals surface area contributed by atoms with Gasteiger partial charge in [-0.1, -0.05) is 36.4 Å². The van der Waals surface area contributed by atoms with Crippen LogP contribution in [0.5, 0.6) is 0 Å². The lowest BCUT2D eigenvalue weighted by molar-refractivity contribution is -0.130. The van der Waals surface area contributed by atoms with Crippen molar-refractivity contribution >= 4 is 35.1 Å². The van der Waals surface area contributed by atoms with Gasteiger partial charge in [0.25, 0.3) is 5.91 Å². The van der Waals surface area contributed by atoms with Crippen molar-refractivity contribution < 1.29 is 19.2 Å². The third-order valence-corrected chi connectivity index (χ3v) is 4.15. The summed E-state index contributed by atoms with van der Waals surface area (Å²) in [5, 5.41) is 7.84. The fourth-order valence-corrected chi connectivity index (χ4v) is 2.91. The Morgan fingerprint density at radius 3 is 2.36 bits per heavy atom. The van der Waals surface area contributed by atoms with Gasteiger partial charge < -0.3 is 16.0 Å². The van der Waals surface area contributed by atoms with Crippen molar-refractivity contribution in [2.24, 2.45) is 0 Å². The number of carbonyl (C=O) groups is 4. The molecule has 0 aromatic heterocycles. The van der Waals surface area contributed by atoms with E-state index in [1.807, 2.05) is 30.3 Å². The number of nitrogens with one attached hydrogen (secondary N) is 3. The van der Waals surface area contributed by atoms with E-state index in [9.17, 15) is 19.2 Å². The fraction of sp³-hybridized carbons (Fsp3) is 0.200. The van der Waals surface area contributed by atoms with E-state index in [1.54, 1.807) is 24.3 Å². The van der Waals surface area contributed by atoms with Crippen LogP contribution >= 0.6 is 0 Å². The topological polar surface area (TPSA) is 108 Å². The lowest BCUT2D eigenvalue weighted by Gasteiger charge is -2.13. The number of nitrogens with zero attached hydrogens (tertiary/aromatic N) is 1. The van der Waals surface area contributed by atoms with Gasteiger partial charge in [0, 0.05) is 18.3 Å². The van der Waals surface area contributed by atoms with Gasteiger partial charge >= 0.3 is 6.03 Å². The molecule has 1 unspecified atom stereocenters. The molecule has 1 fully saturated rings. The lowest BCUT2D eigenvalue weighted by atomic mass is 10.1.